The second-order valence-corrected chi connectivity index (χ2v) is 7.14. The van der Waals surface area contributed by atoms with Gasteiger partial charge >= 0.3 is 0 Å². The van der Waals surface area contributed by atoms with Crippen molar-refractivity contribution in [2.45, 2.75) is 31.2 Å². The zero-order valence-electron chi connectivity index (χ0n) is 11.6. The van der Waals surface area contributed by atoms with Crippen LogP contribution in [-0.4, -0.2) is 34.1 Å². The van der Waals surface area contributed by atoms with E-state index in [-0.39, 0.29) is 16.8 Å². The molecule has 0 aliphatic carbocycles. The maximum Gasteiger partial charge on any atom is 0.261 e. The molecule has 0 saturated carbocycles. The summed E-state index contributed by atoms with van der Waals surface area (Å²) in [6.45, 7) is 4.11. The van der Waals surface area contributed by atoms with Crippen molar-refractivity contribution in [1.29, 1.82) is 0 Å². The molecular weight excluding hydrogens is 302 g/mol. The molecule has 1 aromatic rings. The number of rotatable bonds is 6. The van der Waals surface area contributed by atoms with Crippen LogP contribution in [0.3, 0.4) is 0 Å². The fourth-order valence-corrected chi connectivity index (χ4v) is 2.55. The fraction of sp³-hybridized carbons (Fsp3) is 0.462. The monoisotopic (exact) mass is 319 g/mol. The molecule has 1 N–H and O–H groups in total. The van der Waals surface area contributed by atoms with Gasteiger partial charge < -0.3 is 10.1 Å². The van der Waals surface area contributed by atoms with Crippen LogP contribution in [0.1, 0.15) is 29.3 Å². The Kier molecular flexibility index (Phi) is 5.98. The summed E-state index contributed by atoms with van der Waals surface area (Å²) in [5, 5.41) is 2.83. The summed E-state index contributed by atoms with van der Waals surface area (Å²) in [5.41, 5.74) is 0.988. The number of aryl methyl sites for hydroxylation is 1. The van der Waals surface area contributed by atoms with Crippen LogP contribution in [-0.2, 0) is 13.8 Å². The summed E-state index contributed by atoms with van der Waals surface area (Å²) in [6.07, 6.45) is 0.704. The molecule has 0 bridgehead atoms. The minimum atomic E-state index is -3.78. The Morgan fingerprint density at radius 1 is 1.45 bits per heavy atom. The summed E-state index contributed by atoms with van der Waals surface area (Å²) < 4.78 is 27.4. The molecule has 112 valence electrons. The van der Waals surface area contributed by atoms with Gasteiger partial charge in [-0.1, -0.05) is 0 Å². The molecule has 1 unspecified atom stereocenters. The van der Waals surface area contributed by atoms with E-state index < -0.39 is 9.05 Å². The Hall–Kier alpha value is -1.11. The van der Waals surface area contributed by atoms with Gasteiger partial charge in [-0.15, -0.1) is 0 Å². The van der Waals surface area contributed by atoms with Gasteiger partial charge in [-0.05, 0) is 44.0 Å². The molecule has 0 fully saturated rings. The Balaban J connectivity index is 2.84. The predicted octanol–water partition coefficient (Wildman–Crippen LogP) is 2.08. The molecule has 20 heavy (non-hydrogen) atoms. The third kappa shape index (κ3) is 4.77. The van der Waals surface area contributed by atoms with E-state index in [9.17, 15) is 13.2 Å². The molecule has 7 heteroatoms. The summed E-state index contributed by atoms with van der Waals surface area (Å²) in [4.78, 5) is 12.1. The Morgan fingerprint density at radius 3 is 2.60 bits per heavy atom. The van der Waals surface area contributed by atoms with Crippen LogP contribution in [0.15, 0.2) is 23.1 Å². The van der Waals surface area contributed by atoms with Gasteiger partial charge in [-0.3, -0.25) is 4.79 Å². The lowest BCUT2D eigenvalue weighted by Gasteiger charge is -2.14. The number of hydrogen-bond acceptors (Lipinski definition) is 4. The molecule has 0 aliphatic rings. The van der Waals surface area contributed by atoms with E-state index in [0.717, 1.165) is 0 Å². The van der Waals surface area contributed by atoms with Crippen molar-refractivity contribution in [3.05, 3.63) is 29.3 Å². The topological polar surface area (TPSA) is 72.5 Å². The first kappa shape index (κ1) is 16.9. The minimum Gasteiger partial charge on any atom is -0.385 e. The van der Waals surface area contributed by atoms with Gasteiger partial charge in [-0.2, -0.15) is 0 Å². The lowest BCUT2D eigenvalue weighted by atomic mass is 10.1. The van der Waals surface area contributed by atoms with Crippen LogP contribution in [0.5, 0.6) is 0 Å². The average Bonchev–Trinajstić information content (AvgIpc) is 2.34. The molecule has 0 spiro atoms. The van der Waals surface area contributed by atoms with E-state index in [1.807, 2.05) is 6.92 Å². The van der Waals surface area contributed by atoms with Crippen molar-refractivity contribution in [3.8, 4) is 0 Å². The lowest BCUT2D eigenvalue weighted by molar-refractivity contribution is 0.0929. The number of halogens is 1. The molecule has 0 heterocycles. The predicted molar refractivity (Wildman–Crippen MR) is 77.6 cm³/mol. The van der Waals surface area contributed by atoms with Crippen molar-refractivity contribution < 1.29 is 17.9 Å². The highest BCUT2D eigenvalue weighted by Gasteiger charge is 2.16. The quantitative estimate of drug-likeness (QED) is 0.815. The first-order chi connectivity index (χ1) is 9.25. The number of hydrogen-bond donors (Lipinski definition) is 1. The van der Waals surface area contributed by atoms with Gasteiger partial charge in [0.25, 0.3) is 15.0 Å². The number of carbonyl (C=O) groups excluding carboxylic acids is 1. The van der Waals surface area contributed by atoms with Crippen LogP contribution in [0.2, 0.25) is 0 Å². The van der Waals surface area contributed by atoms with Gasteiger partial charge in [0, 0.05) is 36.0 Å². The smallest absolute Gasteiger partial charge is 0.261 e. The highest BCUT2D eigenvalue weighted by Crippen LogP contribution is 2.19. The summed E-state index contributed by atoms with van der Waals surface area (Å²) in [6, 6.07) is 4.14. The summed E-state index contributed by atoms with van der Waals surface area (Å²) in [7, 11) is 3.08. The minimum absolute atomic E-state index is 0.0133. The zero-order chi connectivity index (χ0) is 15.3. The highest BCUT2D eigenvalue weighted by atomic mass is 35.7. The molecule has 0 aliphatic heterocycles. The molecule has 1 aromatic carbocycles. The van der Waals surface area contributed by atoms with Crippen LogP contribution >= 0.6 is 10.7 Å². The van der Waals surface area contributed by atoms with Gasteiger partial charge in [0.2, 0.25) is 0 Å². The van der Waals surface area contributed by atoms with Crippen LogP contribution < -0.4 is 5.32 Å². The first-order valence-electron chi connectivity index (χ1n) is 6.11. The molecule has 1 amide bonds. The molecule has 1 atom stereocenters. The third-order valence-corrected chi connectivity index (χ3v) is 4.21. The third-order valence-electron chi connectivity index (χ3n) is 2.86. The zero-order valence-corrected chi connectivity index (χ0v) is 13.2. The molecular formula is C13H18ClNO4S. The van der Waals surface area contributed by atoms with Gasteiger partial charge in [0.05, 0.1) is 4.90 Å². The van der Waals surface area contributed by atoms with Crippen molar-refractivity contribution in [1.82, 2.24) is 5.32 Å². The Labute approximate surface area is 123 Å². The SMILES string of the molecule is COCCC(C)NC(=O)c1ccc(S(=O)(=O)Cl)cc1C. The van der Waals surface area contributed by atoms with E-state index in [0.29, 0.717) is 24.2 Å². The number of amides is 1. The average molecular weight is 320 g/mol. The van der Waals surface area contributed by atoms with E-state index in [1.54, 1.807) is 14.0 Å². The summed E-state index contributed by atoms with van der Waals surface area (Å²) >= 11 is 0. The maximum atomic E-state index is 12.1. The molecule has 5 nitrogen and oxygen atoms in total. The summed E-state index contributed by atoms with van der Waals surface area (Å²) in [5.74, 6) is -0.246. The second kappa shape index (κ2) is 7.06. The normalized spacial score (nSPS) is 13.0. The van der Waals surface area contributed by atoms with Gasteiger partial charge in [-0.25, -0.2) is 8.42 Å². The Bertz CT molecular complexity index is 586. The number of ether oxygens (including phenoxy) is 1. The number of carbonyl (C=O) groups is 1. The number of benzene rings is 1. The van der Waals surface area contributed by atoms with Crippen LogP contribution in [0.25, 0.3) is 0 Å². The van der Waals surface area contributed by atoms with E-state index in [2.05, 4.69) is 5.32 Å². The van der Waals surface area contributed by atoms with Crippen molar-refractivity contribution in [3.63, 3.8) is 0 Å². The number of methoxy groups -OCH3 is 1. The second-order valence-electron chi connectivity index (χ2n) is 4.57. The standard InChI is InChI=1S/C13H18ClNO4S/c1-9-8-11(20(14,17)18)4-5-12(9)13(16)15-10(2)6-7-19-3/h4-5,8,10H,6-7H2,1-3H3,(H,15,16). The van der Waals surface area contributed by atoms with E-state index in [1.165, 1.54) is 18.2 Å². The van der Waals surface area contributed by atoms with E-state index in [4.69, 9.17) is 15.4 Å². The van der Waals surface area contributed by atoms with Crippen LogP contribution in [0.4, 0.5) is 0 Å². The first-order valence-corrected chi connectivity index (χ1v) is 8.41. The van der Waals surface area contributed by atoms with E-state index >= 15 is 0 Å². The highest BCUT2D eigenvalue weighted by molar-refractivity contribution is 8.13. The van der Waals surface area contributed by atoms with Crippen LogP contribution in [0, 0.1) is 6.92 Å². The van der Waals surface area contributed by atoms with Gasteiger partial charge in [0.1, 0.15) is 0 Å². The lowest BCUT2D eigenvalue weighted by Crippen LogP contribution is -2.33. The van der Waals surface area contributed by atoms with Crippen molar-refractivity contribution in [2.75, 3.05) is 13.7 Å². The fourth-order valence-electron chi connectivity index (χ4n) is 1.71. The number of nitrogens with one attached hydrogen (secondary N) is 1. The van der Waals surface area contributed by atoms with Crippen molar-refractivity contribution in [2.24, 2.45) is 0 Å². The van der Waals surface area contributed by atoms with Crippen molar-refractivity contribution >= 4 is 25.6 Å². The molecule has 1 rings (SSSR count). The maximum absolute atomic E-state index is 12.1. The molecule has 0 aromatic heterocycles. The Morgan fingerprint density at radius 2 is 2.10 bits per heavy atom. The largest absolute Gasteiger partial charge is 0.385 e. The molecule has 0 radical (unpaired) electrons. The van der Waals surface area contributed by atoms with Gasteiger partial charge in [0.15, 0.2) is 0 Å². The molecule has 0 saturated heterocycles.